The molecular weight excluding hydrogens is 388 g/mol. The predicted octanol–water partition coefficient (Wildman–Crippen LogP) is 1.95. The van der Waals surface area contributed by atoms with Gasteiger partial charge in [-0.05, 0) is 30.9 Å². The molecule has 1 aliphatic carbocycles. The van der Waals surface area contributed by atoms with E-state index in [1.807, 2.05) is 12.2 Å². The lowest BCUT2D eigenvalue weighted by atomic mass is 9.73. The van der Waals surface area contributed by atoms with Crippen molar-refractivity contribution in [1.29, 1.82) is 0 Å². The molecule has 0 radical (unpaired) electrons. The summed E-state index contributed by atoms with van der Waals surface area (Å²) in [5, 5.41) is 4.67. The van der Waals surface area contributed by atoms with E-state index in [-0.39, 0.29) is 5.92 Å². The minimum Gasteiger partial charge on any atom is -0.454 e. The Morgan fingerprint density at radius 2 is 1.97 bits per heavy atom. The maximum absolute atomic E-state index is 13.5. The number of ether oxygens (including phenoxy) is 1. The van der Waals surface area contributed by atoms with Gasteiger partial charge < -0.3 is 15.4 Å². The first-order valence-corrected chi connectivity index (χ1v) is 9.28. The summed E-state index contributed by atoms with van der Waals surface area (Å²) in [5.74, 6) is -4.44. The standard InChI is InChI=1S/C19H21F2N3O5/c1-11-5-2-3-8-19(11)17(27)24(18(28)23-19)9-15(26)29-10-14(25)22-16-12(20)6-4-7-13(16)21/h4,6-7,11H,2-3,5,8-10H2,1H3,(H,22,25)(H,23,28)/t11-,19+/m0/s1. The molecule has 10 heteroatoms. The molecule has 0 aromatic heterocycles. The Bertz CT molecular complexity index is 842. The van der Waals surface area contributed by atoms with Crippen molar-refractivity contribution in [3.8, 4) is 0 Å². The summed E-state index contributed by atoms with van der Waals surface area (Å²) >= 11 is 0. The van der Waals surface area contributed by atoms with E-state index in [1.54, 1.807) is 0 Å². The van der Waals surface area contributed by atoms with Crippen LogP contribution in [0.2, 0.25) is 0 Å². The van der Waals surface area contributed by atoms with Crippen molar-refractivity contribution in [2.45, 2.75) is 38.1 Å². The van der Waals surface area contributed by atoms with Gasteiger partial charge in [0.1, 0.15) is 29.4 Å². The SMILES string of the molecule is C[C@H]1CCCC[C@@]12NC(=O)N(CC(=O)OCC(=O)Nc1c(F)cccc1F)C2=O. The van der Waals surface area contributed by atoms with Crippen LogP contribution in [0.3, 0.4) is 0 Å². The Morgan fingerprint density at radius 1 is 1.28 bits per heavy atom. The molecule has 1 aromatic rings. The number of esters is 1. The average molecular weight is 409 g/mol. The minimum atomic E-state index is -1.00. The Labute approximate surface area is 165 Å². The van der Waals surface area contributed by atoms with Gasteiger partial charge in [-0.2, -0.15) is 0 Å². The molecular formula is C19H21F2N3O5. The lowest BCUT2D eigenvalue weighted by Crippen LogP contribution is -2.54. The minimum absolute atomic E-state index is 0.0600. The van der Waals surface area contributed by atoms with Crippen LogP contribution in [0, 0.1) is 17.6 Å². The number of imide groups is 1. The van der Waals surface area contributed by atoms with Crippen LogP contribution >= 0.6 is 0 Å². The van der Waals surface area contributed by atoms with Gasteiger partial charge in [0.25, 0.3) is 11.8 Å². The largest absolute Gasteiger partial charge is 0.454 e. The van der Waals surface area contributed by atoms with Gasteiger partial charge in [-0.15, -0.1) is 0 Å². The lowest BCUT2D eigenvalue weighted by molar-refractivity contribution is -0.150. The summed E-state index contributed by atoms with van der Waals surface area (Å²) in [6, 6.07) is 2.38. The number of halogens is 2. The van der Waals surface area contributed by atoms with E-state index in [9.17, 15) is 28.0 Å². The molecule has 1 saturated carbocycles. The van der Waals surface area contributed by atoms with Crippen LogP contribution in [-0.4, -0.2) is 47.4 Å². The number of hydrogen-bond donors (Lipinski definition) is 2. The van der Waals surface area contributed by atoms with Crippen molar-refractivity contribution in [3.05, 3.63) is 29.8 Å². The zero-order valence-corrected chi connectivity index (χ0v) is 15.8. The quantitative estimate of drug-likeness (QED) is 0.571. The number of para-hydroxylation sites is 1. The molecule has 1 saturated heterocycles. The highest BCUT2D eigenvalue weighted by atomic mass is 19.1. The average Bonchev–Trinajstić information content (AvgIpc) is 2.90. The van der Waals surface area contributed by atoms with Crippen molar-refractivity contribution >= 4 is 29.5 Å². The summed E-state index contributed by atoms with van der Waals surface area (Å²) in [7, 11) is 0. The Hall–Kier alpha value is -3.04. The number of hydrogen-bond acceptors (Lipinski definition) is 5. The van der Waals surface area contributed by atoms with Crippen LogP contribution < -0.4 is 10.6 Å². The third-order valence-corrected chi connectivity index (χ3v) is 5.38. The number of rotatable bonds is 5. The third kappa shape index (κ3) is 4.06. The Balaban J connectivity index is 1.55. The predicted molar refractivity (Wildman–Crippen MR) is 96.6 cm³/mol. The fourth-order valence-electron chi connectivity index (χ4n) is 3.75. The number of amides is 4. The van der Waals surface area contributed by atoms with Crippen molar-refractivity contribution in [2.24, 2.45) is 5.92 Å². The summed E-state index contributed by atoms with van der Waals surface area (Å²) in [5.41, 5.74) is -1.66. The Morgan fingerprint density at radius 3 is 2.62 bits per heavy atom. The highest BCUT2D eigenvalue weighted by molar-refractivity contribution is 6.09. The van der Waals surface area contributed by atoms with Crippen molar-refractivity contribution in [3.63, 3.8) is 0 Å². The monoisotopic (exact) mass is 409 g/mol. The first-order valence-electron chi connectivity index (χ1n) is 9.28. The van der Waals surface area contributed by atoms with Crippen LogP contribution in [-0.2, 0) is 19.1 Å². The van der Waals surface area contributed by atoms with Gasteiger partial charge in [-0.25, -0.2) is 13.6 Å². The van der Waals surface area contributed by atoms with Crippen molar-refractivity contribution < 1.29 is 32.7 Å². The van der Waals surface area contributed by atoms with E-state index < -0.39 is 59.8 Å². The van der Waals surface area contributed by atoms with E-state index >= 15 is 0 Å². The first kappa shape index (κ1) is 20.7. The summed E-state index contributed by atoms with van der Waals surface area (Å²) in [4.78, 5) is 49.6. The number of benzene rings is 1. The van der Waals surface area contributed by atoms with E-state index in [4.69, 9.17) is 4.74 Å². The molecule has 2 aliphatic rings. The van der Waals surface area contributed by atoms with Crippen molar-refractivity contribution in [1.82, 2.24) is 10.2 Å². The number of nitrogens with zero attached hydrogens (tertiary/aromatic N) is 1. The number of urea groups is 1. The molecule has 156 valence electrons. The van der Waals surface area contributed by atoms with Crippen LogP contribution in [0.5, 0.6) is 0 Å². The molecule has 2 fully saturated rings. The second kappa shape index (κ2) is 8.14. The molecule has 29 heavy (non-hydrogen) atoms. The summed E-state index contributed by atoms with van der Waals surface area (Å²) < 4.78 is 31.8. The van der Waals surface area contributed by atoms with Crippen LogP contribution in [0.25, 0.3) is 0 Å². The maximum atomic E-state index is 13.5. The fraction of sp³-hybridized carbons (Fsp3) is 0.474. The van der Waals surface area contributed by atoms with Crippen LogP contribution in [0.15, 0.2) is 18.2 Å². The smallest absolute Gasteiger partial charge is 0.326 e. The second-order valence-corrected chi connectivity index (χ2v) is 7.25. The maximum Gasteiger partial charge on any atom is 0.326 e. The normalized spacial score (nSPS) is 23.8. The van der Waals surface area contributed by atoms with E-state index in [0.29, 0.717) is 6.42 Å². The molecule has 8 nitrogen and oxygen atoms in total. The molecule has 2 atom stereocenters. The Kier molecular flexibility index (Phi) is 5.81. The highest BCUT2D eigenvalue weighted by Crippen LogP contribution is 2.38. The summed E-state index contributed by atoms with van der Waals surface area (Å²) in [6.07, 6.45) is 3.05. The molecule has 1 aliphatic heterocycles. The van der Waals surface area contributed by atoms with Crippen LogP contribution in [0.1, 0.15) is 32.6 Å². The first-order chi connectivity index (χ1) is 13.7. The molecule has 1 heterocycles. The lowest BCUT2D eigenvalue weighted by Gasteiger charge is -2.36. The van der Waals surface area contributed by atoms with E-state index in [0.717, 1.165) is 42.4 Å². The zero-order chi connectivity index (χ0) is 21.2. The highest BCUT2D eigenvalue weighted by Gasteiger charge is 2.55. The molecule has 3 rings (SSSR count). The summed E-state index contributed by atoms with van der Waals surface area (Å²) in [6.45, 7) is 0.406. The number of carbonyl (C=O) groups is 4. The van der Waals surface area contributed by atoms with Crippen molar-refractivity contribution in [2.75, 3.05) is 18.5 Å². The van der Waals surface area contributed by atoms with Gasteiger partial charge in [0.05, 0.1) is 0 Å². The molecule has 2 N–H and O–H groups in total. The van der Waals surface area contributed by atoms with Crippen LogP contribution in [0.4, 0.5) is 19.3 Å². The van der Waals surface area contributed by atoms with Gasteiger partial charge in [0.2, 0.25) is 0 Å². The van der Waals surface area contributed by atoms with Gasteiger partial charge in [-0.3, -0.25) is 19.3 Å². The van der Waals surface area contributed by atoms with Gasteiger partial charge in [0, 0.05) is 0 Å². The fourth-order valence-corrected chi connectivity index (χ4v) is 3.75. The topological polar surface area (TPSA) is 105 Å². The van der Waals surface area contributed by atoms with Gasteiger partial charge in [-0.1, -0.05) is 25.8 Å². The molecule has 1 aromatic carbocycles. The van der Waals surface area contributed by atoms with Gasteiger partial charge >= 0.3 is 12.0 Å². The molecule has 0 bridgehead atoms. The molecule has 0 unspecified atom stereocenters. The van der Waals surface area contributed by atoms with E-state index in [1.165, 1.54) is 0 Å². The molecule has 4 amide bonds. The van der Waals surface area contributed by atoms with Gasteiger partial charge in [0.15, 0.2) is 6.61 Å². The molecule has 1 spiro atoms. The third-order valence-electron chi connectivity index (χ3n) is 5.38. The van der Waals surface area contributed by atoms with E-state index in [2.05, 4.69) is 5.32 Å². The second-order valence-electron chi connectivity index (χ2n) is 7.25. The number of anilines is 1. The number of nitrogens with one attached hydrogen (secondary N) is 2. The zero-order valence-electron chi connectivity index (χ0n) is 15.8. The number of carbonyl (C=O) groups excluding carboxylic acids is 4.